The summed E-state index contributed by atoms with van der Waals surface area (Å²) in [6.07, 6.45) is 3.29. The highest BCUT2D eigenvalue weighted by molar-refractivity contribution is 6.31. The Kier molecular flexibility index (Phi) is 7.07. The molecule has 0 unspecified atom stereocenters. The predicted octanol–water partition coefficient (Wildman–Crippen LogP) is 5.80. The summed E-state index contributed by atoms with van der Waals surface area (Å²) in [5.41, 5.74) is 2.63. The van der Waals surface area contributed by atoms with E-state index in [-0.39, 0.29) is 11.8 Å². The molecule has 3 aromatic carbocycles. The molecule has 3 aromatic rings. The van der Waals surface area contributed by atoms with Gasteiger partial charge in [0.25, 0.3) is 11.8 Å². The van der Waals surface area contributed by atoms with Crippen LogP contribution in [-0.2, 0) is 6.61 Å². The molecule has 1 aliphatic rings. The Hall–Kier alpha value is -3.31. The van der Waals surface area contributed by atoms with Crippen LogP contribution in [0.5, 0.6) is 5.75 Å². The van der Waals surface area contributed by atoms with Crippen LogP contribution in [0.1, 0.15) is 45.5 Å². The minimum absolute atomic E-state index is 0.0472. The Morgan fingerprint density at radius 1 is 0.875 bits per heavy atom. The van der Waals surface area contributed by atoms with Crippen LogP contribution in [-0.4, -0.2) is 29.8 Å². The van der Waals surface area contributed by atoms with Gasteiger partial charge in [0.05, 0.1) is 0 Å². The van der Waals surface area contributed by atoms with Crippen molar-refractivity contribution in [3.05, 3.63) is 94.5 Å². The Morgan fingerprint density at radius 2 is 1.62 bits per heavy atom. The second-order valence-electron chi connectivity index (χ2n) is 7.79. The molecule has 0 bridgehead atoms. The van der Waals surface area contributed by atoms with Crippen LogP contribution in [0.3, 0.4) is 0 Å². The van der Waals surface area contributed by atoms with Gasteiger partial charge in [-0.15, -0.1) is 0 Å². The molecule has 0 atom stereocenters. The van der Waals surface area contributed by atoms with Gasteiger partial charge in [0.2, 0.25) is 0 Å². The van der Waals surface area contributed by atoms with E-state index in [0.717, 1.165) is 31.5 Å². The number of nitrogens with one attached hydrogen (secondary N) is 1. The number of hydrogen-bond donors (Lipinski definition) is 1. The highest BCUT2D eigenvalue weighted by Crippen LogP contribution is 2.21. The van der Waals surface area contributed by atoms with Gasteiger partial charge >= 0.3 is 0 Å². The molecule has 0 aromatic heterocycles. The summed E-state index contributed by atoms with van der Waals surface area (Å²) >= 11 is 6.17. The van der Waals surface area contributed by atoms with Crippen molar-refractivity contribution in [1.29, 1.82) is 0 Å². The van der Waals surface area contributed by atoms with Crippen molar-refractivity contribution in [2.75, 3.05) is 18.4 Å². The first-order valence-electron chi connectivity index (χ1n) is 10.8. The molecule has 32 heavy (non-hydrogen) atoms. The lowest BCUT2D eigenvalue weighted by molar-refractivity contribution is 0.0724. The summed E-state index contributed by atoms with van der Waals surface area (Å²) in [5, 5.41) is 3.52. The summed E-state index contributed by atoms with van der Waals surface area (Å²) in [6, 6.07) is 21.5. The molecular weight excluding hydrogens is 424 g/mol. The van der Waals surface area contributed by atoms with Crippen molar-refractivity contribution in [3.63, 3.8) is 0 Å². The SMILES string of the molecule is O=C(Nc1ccc(C(=O)N2CCCCC2)cc1)c1cccc(OCc2ccccc2Cl)c1. The van der Waals surface area contributed by atoms with Gasteiger partial charge in [0, 0.05) is 40.5 Å². The standard InChI is InChI=1S/C26H25ClN2O3/c27-24-10-3-2-7-21(24)18-32-23-9-6-8-20(17-23)25(30)28-22-13-11-19(12-14-22)26(31)29-15-4-1-5-16-29/h2-3,6-14,17H,1,4-5,15-16,18H2,(H,28,30). The van der Waals surface area contributed by atoms with Gasteiger partial charge < -0.3 is 15.0 Å². The minimum atomic E-state index is -0.247. The van der Waals surface area contributed by atoms with Gasteiger partial charge in [-0.25, -0.2) is 0 Å². The van der Waals surface area contributed by atoms with Crippen LogP contribution in [0.2, 0.25) is 5.02 Å². The molecule has 0 radical (unpaired) electrons. The average molecular weight is 449 g/mol. The normalized spacial score (nSPS) is 13.5. The van der Waals surface area contributed by atoms with Crippen LogP contribution < -0.4 is 10.1 Å². The lowest BCUT2D eigenvalue weighted by atomic mass is 10.1. The fourth-order valence-corrected chi connectivity index (χ4v) is 3.87. The van der Waals surface area contributed by atoms with E-state index in [9.17, 15) is 9.59 Å². The van der Waals surface area contributed by atoms with Gasteiger partial charge in [-0.05, 0) is 67.8 Å². The van der Waals surface area contributed by atoms with Crippen molar-refractivity contribution in [2.24, 2.45) is 0 Å². The number of halogens is 1. The predicted molar refractivity (Wildman–Crippen MR) is 126 cm³/mol. The van der Waals surface area contributed by atoms with Crippen LogP contribution in [0.15, 0.2) is 72.8 Å². The lowest BCUT2D eigenvalue weighted by Gasteiger charge is -2.26. The number of hydrogen-bond acceptors (Lipinski definition) is 3. The third-order valence-corrected chi connectivity index (χ3v) is 5.85. The molecule has 1 heterocycles. The Morgan fingerprint density at radius 3 is 2.38 bits per heavy atom. The molecule has 0 aliphatic carbocycles. The third-order valence-electron chi connectivity index (χ3n) is 5.48. The fourth-order valence-electron chi connectivity index (χ4n) is 3.68. The Balaban J connectivity index is 1.36. The molecule has 4 rings (SSSR count). The number of carbonyl (C=O) groups is 2. The molecule has 0 saturated carbocycles. The Bertz CT molecular complexity index is 1090. The van der Waals surface area contributed by atoms with Crippen molar-refractivity contribution >= 4 is 29.1 Å². The molecule has 2 amide bonds. The largest absolute Gasteiger partial charge is 0.489 e. The van der Waals surface area contributed by atoms with E-state index in [0.29, 0.717) is 34.2 Å². The van der Waals surface area contributed by atoms with E-state index in [1.807, 2.05) is 29.2 Å². The van der Waals surface area contributed by atoms with Crippen LogP contribution in [0, 0.1) is 0 Å². The fraction of sp³-hybridized carbons (Fsp3) is 0.231. The number of amides is 2. The summed E-state index contributed by atoms with van der Waals surface area (Å²) in [4.78, 5) is 27.2. The van der Waals surface area contributed by atoms with Gasteiger partial charge in [0.1, 0.15) is 12.4 Å². The van der Waals surface area contributed by atoms with Crippen LogP contribution in [0.4, 0.5) is 5.69 Å². The number of benzene rings is 3. The number of likely N-dealkylation sites (tertiary alicyclic amines) is 1. The molecule has 5 nitrogen and oxygen atoms in total. The zero-order chi connectivity index (χ0) is 22.3. The molecule has 1 N–H and O–H groups in total. The molecule has 6 heteroatoms. The monoisotopic (exact) mass is 448 g/mol. The number of nitrogens with zero attached hydrogens (tertiary/aromatic N) is 1. The van der Waals surface area contributed by atoms with E-state index in [2.05, 4.69) is 5.32 Å². The average Bonchev–Trinajstić information content (AvgIpc) is 2.84. The summed E-state index contributed by atoms with van der Waals surface area (Å²) < 4.78 is 5.81. The quantitative estimate of drug-likeness (QED) is 0.518. The summed E-state index contributed by atoms with van der Waals surface area (Å²) in [5.74, 6) is 0.384. The van der Waals surface area contributed by atoms with Crippen LogP contribution >= 0.6 is 11.6 Å². The smallest absolute Gasteiger partial charge is 0.255 e. The van der Waals surface area contributed by atoms with Gasteiger partial charge in [0.15, 0.2) is 0 Å². The molecule has 1 fully saturated rings. The Labute approximate surface area is 193 Å². The third kappa shape index (κ3) is 5.48. The number of rotatable bonds is 6. The maximum atomic E-state index is 12.7. The van der Waals surface area contributed by atoms with E-state index in [1.54, 1.807) is 48.5 Å². The van der Waals surface area contributed by atoms with E-state index in [1.165, 1.54) is 6.42 Å². The van der Waals surface area contributed by atoms with Crippen molar-refractivity contribution in [2.45, 2.75) is 25.9 Å². The molecule has 1 aliphatic heterocycles. The van der Waals surface area contributed by atoms with E-state index in [4.69, 9.17) is 16.3 Å². The number of carbonyl (C=O) groups excluding carboxylic acids is 2. The number of piperidine rings is 1. The van der Waals surface area contributed by atoms with E-state index < -0.39 is 0 Å². The second kappa shape index (κ2) is 10.3. The van der Waals surface area contributed by atoms with Crippen molar-refractivity contribution in [1.82, 2.24) is 4.90 Å². The lowest BCUT2D eigenvalue weighted by Crippen LogP contribution is -2.35. The highest BCUT2D eigenvalue weighted by Gasteiger charge is 2.18. The topological polar surface area (TPSA) is 58.6 Å². The first-order chi connectivity index (χ1) is 15.6. The zero-order valence-electron chi connectivity index (χ0n) is 17.7. The maximum Gasteiger partial charge on any atom is 0.255 e. The van der Waals surface area contributed by atoms with Crippen molar-refractivity contribution in [3.8, 4) is 5.75 Å². The molecule has 0 spiro atoms. The summed E-state index contributed by atoms with van der Waals surface area (Å²) in [6.45, 7) is 1.94. The first kappa shape index (κ1) is 21.9. The first-order valence-corrected chi connectivity index (χ1v) is 11.1. The molecular formula is C26H25ClN2O3. The second-order valence-corrected chi connectivity index (χ2v) is 8.20. The van der Waals surface area contributed by atoms with E-state index >= 15 is 0 Å². The number of anilines is 1. The molecule has 164 valence electrons. The highest BCUT2D eigenvalue weighted by atomic mass is 35.5. The maximum absolute atomic E-state index is 12.7. The van der Waals surface area contributed by atoms with Crippen molar-refractivity contribution < 1.29 is 14.3 Å². The van der Waals surface area contributed by atoms with Crippen LogP contribution in [0.25, 0.3) is 0 Å². The molecule has 1 saturated heterocycles. The minimum Gasteiger partial charge on any atom is -0.489 e. The number of ether oxygens (including phenoxy) is 1. The summed E-state index contributed by atoms with van der Waals surface area (Å²) in [7, 11) is 0. The van der Waals surface area contributed by atoms with Gasteiger partial charge in [-0.2, -0.15) is 0 Å². The zero-order valence-corrected chi connectivity index (χ0v) is 18.5. The van der Waals surface area contributed by atoms with Gasteiger partial charge in [-0.1, -0.05) is 35.9 Å². The van der Waals surface area contributed by atoms with Gasteiger partial charge in [-0.3, -0.25) is 9.59 Å².